The highest BCUT2D eigenvalue weighted by Crippen LogP contribution is 2.14. The van der Waals surface area contributed by atoms with Gasteiger partial charge in [0.1, 0.15) is 0 Å². The third kappa shape index (κ3) is 1.97. The van der Waals surface area contributed by atoms with Gasteiger partial charge in [-0.2, -0.15) is 0 Å². The van der Waals surface area contributed by atoms with E-state index in [4.69, 9.17) is 0 Å². The molecule has 3 heteroatoms. The van der Waals surface area contributed by atoms with Crippen molar-refractivity contribution in [2.75, 3.05) is 32.7 Å². The molecule has 2 saturated heterocycles. The van der Waals surface area contributed by atoms with Crippen molar-refractivity contribution in [3.63, 3.8) is 0 Å². The van der Waals surface area contributed by atoms with E-state index in [1.807, 2.05) is 0 Å². The molecule has 0 spiro atoms. The molecule has 2 aliphatic rings. The van der Waals surface area contributed by atoms with Gasteiger partial charge in [-0.3, -0.25) is 0 Å². The van der Waals surface area contributed by atoms with Crippen LogP contribution in [0.1, 0.15) is 12.8 Å². The second-order valence-corrected chi connectivity index (χ2v) is 4.06. The zero-order chi connectivity index (χ0) is 8.39. The van der Waals surface area contributed by atoms with Crippen molar-refractivity contribution in [3.05, 3.63) is 0 Å². The lowest BCUT2D eigenvalue weighted by atomic mass is 10.1. The van der Waals surface area contributed by atoms with E-state index in [2.05, 4.69) is 10.2 Å². The van der Waals surface area contributed by atoms with Gasteiger partial charge < -0.3 is 15.3 Å². The van der Waals surface area contributed by atoms with Gasteiger partial charge in [-0.25, -0.2) is 0 Å². The second-order valence-electron chi connectivity index (χ2n) is 4.06. The van der Waals surface area contributed by atoms with Crippen molar-refractivity contribution in [3.8, 4) is 0 Å². The number of likely N-dealkylation sites (tertiary alicyclic amines) is 1. The molecule has 0 saturated carbocycles. The predicted molar refractivity (Wildman–Crippen MR) is 48.0 cm³/mol. The van der Waals surface area contributed by atoms with E-state index in [1.54, 1.807) is 0 Å². The highest BCUT2D eigenvalue weighted by molar-refractivity contribution is 4.80. The molecule has 0 aromatic rings. The van der Waals surface area contributed by atoms with Crippen LogP contribution in [0.3, 0.4) is 0 Å². The summed E-state index contributed by atoms with van der Waals surface area (Å²) in [7, 11) is 0. The molecule has 2 fully saturated rings. The number of hydrogen-bond donors (Lipinski definition) is 2. The molecule has 2 unspecified atom stereocenters. The van der Waals surface area contributed by atoms with E-state index >= 15 is 0 Å². The lowest BCUT2D eigenvalue weighted by Gasteiger charge is -2.18. The van der Waals surface area contributed by atoms with Crippen molar-refractivity contribution >= 4 is 0 Å². The number of β-amino-alcohol motifs (C(OH)–C–C–N with tert-alkyl or cyclic N) is 1. The fraction of sp³-hybridized carbons (Fsp3) is 1.00. The molecule has 70 valence electrons. The molecule has 2 N–H and O–H groups in total. The largest absolute Gasteiger partial charge is 0.392 e. The highest BCUT2D eigenvalue weighted by Gasteiger charge is 2.24. The van der Waals surface area contributed by atoms with E-state index in [1.165, 1.54) is 26.1 Å². The Labute approximate surface area is 73.8 Å². The normalized spacial score (nSPS) is 37.8. The van der Waals surface area contributed by atoms with Gasteiger partial charge in [-0.05, 0) is 31.8 Å². The van der Waals surface area contributed by atoms with Crippen molar-refractivity contribution < 1.29 is 5.11 Å². The summed E-state index contributed by atoms with van der Waals surface area (Å²) in [6.07, 6.45) is 2.23. The first-order valence-electron chi connectivity index (χ1n) is 4.96. The summed E-state index contributed by atoms with van der Waals surface area (Å²) >= 11 is 0. The van der Waals surface area contributed by atoms with Gasteiger partial charge in [-0.1, -0.05) is 0 Å². The van der Waals surface area contributed by atoms with Crippen molar-refractivity contribution in [1.29, 1.82) is 0 Å². The Bertz CT molecular complexity index is 145. The molecule has 0 aromatic heterocycles. The average Bonchev–Trinajstić information content (AvgIpc) is 2.63. The summed E-state index contributed by atoms with van der Waals surface area (Å²) in [6, 6.07) is 0. The Kier molecular flexibility index (Phi) is 2.63. The topological polar surface area (TPSA) is 35.5 Å². The predicted octanol–water partition coefficient (Wildman–Crippen LogP) is -0.337. The highest BCUT2D eigenvalue weighted by atomic mass is 16.3. The van der Waals surface area contributed by atoms with Crippen LogP contribution < -0.4 is 5.32 Å². The van der Waals surface area contributed by atoms with Crippen LogP contribution in [0.2, 0.25) is 0 Å². The van der Waals surface area contributed by atoms with E-state index in [0.717, 1.165) is 25.4 Å². The Morgan fingerprint density at radius 2 is 2.33 bits per heavy atom. The molecular formula is C9H18N2O. The maximum absolute atomic E-state index is 9.32. The van der Waals surface area contributed by atoms with E-state index in [0.29, 0.717) is 0 Å². The average molecular weight is 170 g/mol. The minimum Gasteiger partial charge on any atom is -0.392 e. The van der Waals surface area contributed by atoms with Crippen LogP contribution in [-0.2, 0) is 0 Å². The minimum atomic E-state index is -0.0561. The Hall–Kier alpha value is -0.120. The summed E-state index contributed by atoms with van der Waals surface area (Å²) in [5, 5.41) is 12.7. The Morgan fingerprint density at radius 3 is 2.92 bits per heavy atom. The maximum Gasteiger partial charge on any atom is 0.0679 e. The van der Waals surface area contributed by atoms with Crippen LogP contribution in [0.25, 0.3) is 0 Å². The molecule has 2 atom stereocenters. The van der Waals surface area contributed by atoms with Crippen LogP contribution in [0, 0.1) is 5.92 Å². The van der Waals surface area contributed by atoms with Crippen molar-refractivity contribution in [2.24, 2.45) is 5.92 Å². The first-order valence-corrected chi connectivity index (χ1v) is 4.96. The van der Waals surface area contributed by atoms with Gasteiger partial charge >= 0.3 is 0 Å². The van der Waals surface area contributed by atoms with Crippen LogP contribution in [0.15, 0.2) is 0 Å². The molecule has 0 radical (unpaired) electrons. The Morgan fingerprint density at radius 1 is 1.42 bits per heavy atom. The summed E-state index contributed by atoms with van der Waals surface area (Å²) in [6.45, 7) is 5.53. The van der Waals surface area contributed by atoms with Gasteiger partial charge in [-0.15, -0.1) is 0 Å². The fourth-order valence-electron chi connectivity index (χ4n) is 2.21. The van der Waals surface area contributed by atoms with Crippen LogP contribution in [-0.4, -0.2) is 48.8 Å². The lowest BCUT2D eigenvalue weighted by molar-refractivity contribution is 0.171. The van der Waals surface area contributed by atoms with Gasteiger partial charge in [0.2, 0.25) is 0 Å². The van der Waals surface area contributed by atoms with Gasteiger partial charge in [0.15, 0.2) is 0 Å². The summed E-state index contributed by atoms with van der Waals surface area (Å²) in [5.74, 6) is 0.829. The first kappa shape index (κ1) is 8.48. The minimum absolute atomic E-state index is 0.0561. The van der Waals surface area contributed by atoms with E-state index in [-0.39, 0.29) is 6.10 Å². The number of nitrogens with one attached hydrogen (secondary N) is 1. The fourth-order valence-corrected chi connectivity index (χ4v) is 2.21. The molecule has 0 aromatic carbocycles. The lowest BCUT2D eigenvalue weighted by Crippen LogP contribution is -2.29. The van der Waals surface area contributed by atoms with E-state index in [9.17, 15) is 5.11 Å². The molecular weight excluding hydrogens is 152 g/mol. The summed E-state index contributed by atoms with van der Waals surface area (Å²) < 4.78 is 0. The standard InChI is InChI=1S/C9H18N2O/c12-9-2-4-11(7-9)6-8-1-3-10-5-8/h8-10,12H,1-7H2. The zero-order valence-electron chi connectivity index (χ0n) is 7.50. The van der Waals surface area contributed by atoms with Crippen LogP contribution in [0.4, 0.5) is 0 Å². The molecule has 2 aliphatic heterocycles. The SMILES string of the molecule is OC1CCN(CC2CCNC2)C1. The van der Waals surface area contributed by atoms with Gasteiger partial charge in [0, 0.05) is 19.6 Å². The smallest absolute Gasteiger partial charge is 0.0679 e. The third-order valence-corrected chi connectivity index (χ3v) is 2.93. The number of aliphatic hydroxyl groups excluding tert-OH is 1. The van der Waals surface area contributed by atoms with Crippen molar-refractivity contribution in [2.45, 2.75) is 18.9 Å². The van der Waals surface area contributed by atoms with Gasteiger partial charge in [0.05, 0.1) is 6.10 Å². The third-order valence-electron chi connectivity index (χ3n) is 2.93. The molecule has 3 nitrogen and oxygen atoms in total. The first-order chi connectivity index (χ1) is 5.84. The molecule has 12 heavy (non-hydrogen) atoms. The number of nitrogens with zero attached hydrogens (tertiary/aromatic N) is 1. The summed E-state index contributed by atoms with van der Waals surface area (Å²) in [4.78, 5) is 2.39. The number of hydrogen-bond acceptors (Lipinski definition) is 3. The molecule has 0 aliphatic carbocycles. The molecule has 2 heterocycles. The molecule has 2 rings (SSSR count). The Balaban J connectivity index is 1.72. The second kappa shape index (κ2) is 3.73. The van der Waals surface area contributed by atoms with Crippen LogP contribution in [0.5, 0.6) is 0 Å². The van der Waals surface area contributed by atoms with E-state index < -0.39 is 0 Å². The number of rotatable bonds is 2. The zero-order valence-corrected chi connectivity index (χ0v) is 7.50. The monoisotopic (exact) mass is 170 g/mol. The molecule has 0 amide bonds. The van der Waals surface area contributed by atoms with Crippen LogP contribution >= 0.6 is 0 Å². The summed E-state index contributed by atoms with van der Waals surface area (Å²) in [5.41, 5.74) is 0. The van der Waals surface area contributed by atoms with Gasteiger partial charge in [0.25, 0.3) is 0 Å². The molecule has 0 bridgehead atoms. The number of aliphatic hydroxyl groups is 1. The quantitative estimate of drug-likeness (QED) is 0.595. The van der Waals surface area contributed by atoms with Crippen molar-refractivity contribution in [1.82, 2.24) is 10.2 Å². The maximum atomic E-state index is 9.32.